The van der Waals surface area contributed by atoms with Crippen LogP contribution in [0, 0.1) is 12.7 Å². The molecule has 2 aromatic rings. The molecule has 0 unspecified atom stereocenters. The normalized spacial score (nSPS) is 10.2. The number of hydrazine groups is 1. The van der Waals surface area contributed by atoms with Gasteiger partial charge in [0.15, 0.2) is 11.6 Å². The number of carbonyl (C=O) groups excluding carboxylic acids is 1. The summed E-state index contributed by atoms with van der Waals surface area (Å²) in [6.07, 6.45) is 1.33. The molecule has 0 radical (unpaired) electrons. The van der Waals surface area contributed by atoms with Crippen molar-refractivity contribution in [1.82, 2.24) is 4.98 Å². The van der Waals surface area contributed by atoms with E-state index in [9.17, 15) is 9.18 Å². The topological polar surface area (TPSA) is 71.2 Å². The number of benzene rings is 1. The maximum Gasteiger partial charge on any atom is 0.261 e. The van der Waals surface area contributed by atoms with E-state index in [-0.39, 0.29) is 11.4 Å². The minimum atomic E-state index is -0.764. The van der Waals surface area contributed by atoms with E-state index < -0.39 is 11.7 Å². The molecule has 0 aliphatic heterocycles. The van der Waals surface area contributed by atoms with Crippen molar-refractivity contribution in [2.75, 3.05) is 17.4 Å². The molecule has 1 aromatic heterocycles. The van der Waals surface area contributed by atoms with Gasteiger partial charge in [-0.1, -0.05) is 12.1 Å². The second-order valence-corrected chi connectivity index (χ2v) is 4.37. The lowest BCUT2D eigenvalue weighted by Gasteiger charge is -2.18. The van der Waals surface area contributed by atoms with E-state index in [1.54, 1.807) is 13.1 Å². The minimum absolute atomic E-state index is 0.0862. The smallest absolute Gasteiger partial charge is 0.261 e. The van der Waals surface area contributed by atoms with E-state index in [1.807, 2.05) is 25.1 Å². The Bertz CT molecular complexity index is 645. The van der Waals surface area contributed by atoms with Crippen LogP contribution in [0.5, 0.6) is 0 Å². The SMILES string of the molecule is Cc1cccc(N(C)C(=O)c2ccnc(NN)c2F)c1. The lowest BCUT2D eigenvalue weighted by Crippen LogP contribution is -2.27. The quantitative estimate of drug-likeness (QED) is 0.664. The predicted molar refractivity (Wildman–Crippen MR) is 75.9 cm³/mol. The Balaban J connectivity index is 2.36. The van der Waals surface area contributed by atoms with E-state index in [0.717, 1.165) is 5.56 Å². The molecule has 5 nitrogen and oxygen atoms in total. The van der Waals surface area contributed by atoms with Gasteiger partial charge in [0.2, 0.25) is 0 Å². The molecule has 0 aliphatic carbocycles. The summed E-state index contributed by atoms with van der Waals surface area (Å²) in [4.78, 5) is 17.4. The van der Waals surface area contributed by atoms with Crippen LogP contribution in [0.4, 0.5) is 15.9 Å². The number of anilines is 2. The summed E-state index contributed by atoms with van der Waals surface area (Å²) in [6.45, 7) is 1.92. The van der Waals surface area contributed by atoms with Gasteiger partial charge in [0.1, 0.15) is 0 Å². The van der Waals surface area contributed by atoms with Crippen molar-refractivity contribution < 1.29 is 9.18 Å². The third-order valence-electron chi connectivity index (χ3n) is 2.95. The van der Waals surface area contributed by atoms with Gasteiger partial charge in [0.05, 0.1) is 5.56 Å². The molecule has 0 saturated carbocycles. The summed E-state index contributed by atoms with van der Waals surface area (Å²) in [5.41, 5.74) is 3.74. The molecule has 20 heavy (non-hydrogen) atoms. The first-order valence-electron chi connectivity index (χ1n) is 6.00. The molecule has 2 rings (SSSR count). The van der Waals surface area contributed by atoms with Crippen LogP contribution in [0.15, 0.2) is 36.5 Å². The van der Waals surface area contributed by atoms with E-state index in [4.69, 9.17) is 5.84 Å². The van der Waals surface area contributed by atoms with Crippen LogP contribution in [0.3, 0.4) is 0 Å². The first-order valence-corrected chi connectivity index (χ1v) is 6.00. The number of hydrogen-bond donors (Lipinski definition) is 2. The van der Waals surface area contributed by atoms with Crippen molar-refractivity contribution in [3.63, 3.8) is 0 Å². The van der Waals surface area contributed by atoms with Gasteiger partial charge in [0, 0.05) is 18.9 Å². The number of aryl methyl sites for hydroxylation is 1. The molecular formula is C14H15FN4O. The number of aromatic nitrogens is 1. The fourth-order valence-corrected chi connectivity index (χ4v) is 1.84. The van der Waals surface area contributed by atoms with Crippen molar-refractivity contribution in [2.45, 2.75) is 6.92 Å². The molecule has 104 valence electrons. The lowest BCUT2D eigenvalue weighted by atomic mass is 10.1. The van der Waals surface area contributed by atoms with Gasteiger partial charge < -0.3 is 10.3 Å². The Morgan fingerprint density at radius 2 is 2.15 bits per heavy atom. The molecule has 3 N–H and O–H groups in total. The summed E-state index contributed by atoms with van der Waals surface area (Å²) in [7, 11) is 1.59. The molecule has 6 heteroatoms. The number of amides is 1. The molecule has 0 bridgehead atoms. The van der Waals surface area contributed by atoms with Gasteiger partial charge in [-0.3, -0.25) is 4.79 Å². The van der Waals surface area contributed by atoms with Crippen molar-refractivity contribution >= 4 is 17.4 Å². The van der Waals surface area contributed by atoms with Crippen LogP contribution in [0.1, 0.15) is 15.9 Å². The van der Waals surface area contributed by atoms with Crippen LogP contribution >= 0.6 is 0 Å². The maximum atomic E-state index is 14.0. The van der Waals surface area contributed by atoms with Crippen molar-refractivity contribution in [1.29, 1.82) is 0 Å². The van der Waals surface area contributed by atoms with Gasteiger partial charge in [-0.2, -0.15) is 0 Å². The summed E-state index contributed by atoms with van der Waals surface area (Å²) in [5, 5.41) is 0. The highest BCUT2D eigenvalue weighted by molar-refractivity contribution is 6.06. The standard InChI is InChI=1S/C14H15FN4O/c1-9-4-3-5-10(8-9)19(2)14(20)11-6-7-17-13(18-16)12(11)15/h3-8H,16H2,1-2H3,(H,17,18). The summed E-state index contributed by atoms with van der Waals surface area (Å²) in [6, 6.07) is 8.71. The number of rotatable bonds is 3. The van der Waals surface area contributed by atoms with Crippen LogP contribution in [0.25, 0.3) is 0 Å². The number of carbonyl (C=O) groups is 1. The van der Waals surface area contributed by atoms with Crippen LogP contribution in [-0.4, -0.2) is 17.9 Å². The molecule has 1 amide bonds. The second-order valence-electron chi connectivity index (χ2n) is 4.37. The number of hydrogen-bond acceptors (Lipinski definition) is 4. The van der Waals surface area contributed by atoms with E-state index in [0.29, 0.717) is 5.69 Å². The highest BCUT2D eigenvalue weighted by atomic mass is 19.1. The number of nitrogen functional groups attached to an aromatic ring is 1. The van der Waals surface area contributed by atoms with Crippen molar-refractivity contribution in [3.8, 4) is 0 Å². The van der Waals surface area contributed by atoms with Gasteiger partial charge in [-0.05, 0) is 30.7 Å². The Hall–Kier alpha value is -2.47. The highest BCUT2D eigenvalue weighted by Crippen LogP contribution is 2.20. The fraction of sp³-hybridized carbons (Fsp3) is 0.143. The number of nitrogens with two attached hydrogens (primary N) is 1. The number of pyridine rings is 1. The largest absolute Gasteiger partial charge is 0.311 e. The Morgan fingerprint density at radius 3 is 2.80 bits per heavy atom. The minimum Gasteiger partial charge on any atom is -0.311 e. The monoisotopic (exact) mass is 274 g/mol. The fourth-order valence-electron chi connectivity index (χ4n) is 1.84. The zero-order valence-electron chi connectivity index (χ0n) is 11.2. The van der Waals surface area contributed by atoms with Gasteiger partial charge in [0.25, 0.3) is 5.91 Å². The lowest BCUT2D eigenvalue weighted by molar-refractivity contribution is 0.0989. The van der Waals surface area contributed by atoms with E-state index in [2.05, 4.69) is 10.4 Å². The van der Waals surface area contributed by atoms with Crippen LogP contribution < -0.4 is 16.2 Å². The molecule has 1 heterocycles. The molecule has 0 fully saturated rings. The van der Waals surface area contributed by atoms with Crippen LogP contribution in [0.2, 0.25) is 0 Å². The van der Waals surface area contributed by atoms with E-state index in [1.165, 1.54) is 17.2 Å². The number of halogens is 1. The summed E-state index contributed by atoms with van der Waals surface area (Å²) < 4.78 is 14.0. The van der Waals surface area contributed by atoms with Crippen molar-refractivity contribution in [2.24, 2.45) is 5.84 Å². The Kier molecular flexibility index (Phi) is 3.95. The number of nitrogens with zero attached hydrogens (tertiary/aromatic N) is 2. The van der Waals surface area contributed by atoms with Gasteiger partial charge in [-0.15, -0.1) is 0 Å². The summed E-state index contributed by atoms with van der Waals surface area (Å²) >= 11 is 0. The predicted octanol–water partition coefficient (Wildman–Crippen LogP) is 2.09. The molecule has 0 aliphatic rings. The third-order valence-corrected chi connectivity index (χ3v) is 2.95. The molecular weight excluding hydrogens is 259 g/mol. The summed E-state index contributed by atoms with van der Waals surface area (Å²) in [5.74, 6) is 3.76. The molecule has 0 saturated heterocycles. The second kappa shape index (κ2) is 5.66. The zero-order valence-corrected chi connectivity index (χ0v) is 11.2. The molecule has 0 spiro atoms. The molecule has 0 atom stereocenters. The van der Waals surface area contributed by atoms with E-state index >= 15 is 0 Å². The molecule has 1 aromatic carbocycles. The average Bonchev–Trinajstić information content (AvgIpc) is 2.46. The van der Waals surface area contributed by atoms with Crippen LogP contribution in [-0.2, 0) is 0 Å². The Morgan fingerprint density at radius 1 is 1.40 bits per heavy atom. The number of nitrogens with one attached hydrogen (secondary N) is 1. The first-order chi connectivity index (χ1) is 9.54. The van der Waals surface area contributed by atoms with Crippen molar-refractivity contribution in [3.05, 3.63) is 53.5 Å². The average molecular weight is 274 g/mol. The Labute approximate surface area is 116 Å². The van der Waals surface area contributed by atoms with Gasteiger partial charge >= 0.3 is 0 Å². The van der Waals surface area contributed by atoms with Gasteiger partial charge in [-0.25, -0.2) is 15.2 Å². The first kappa shape index (κ1) is 14.0. The third kappa shape index (κ3) is 2.60. The maximum absolute atomic E-state index is 14.0. The highest BCUT2D eigenvalue weighted by Gasteiger charge is 2.20. The zero-order chi connectivity index (χ0) is 14.7.